The van der Waals surface area contributed by atoms with Crippen molar-refractivity contribution in [2.24, 2.45) is 22.5 Å². The first kappa shape index (κ1) is 11.9. The van der Waals surface area contributed by atoms with Crippen molar-refractivity contribution in [3.05, 3.63) is 0 Å². The first-order valence-electron chi connectivity index (χ1n) is 7.00. The van der Waals surface area contributed by atoms with Crippen LogP contribution in [0.5, 0.6) is 0 Å². The van der Waals surface area contributed by atoms with Crippen LogP contribution in [0.3, 0.4) is 0 Å². The molecule has 3 heteroatoms. The molecule has 1 heterocycles. The third-order valence-electron chi connectivity index (χ3n) is 5.74. The lowest BCUT2D eigenvalue weighted by molar-refractivity contribution is -0.153. The Bertz CT molecular complexity index is 324. The van der Waals surface area contributed by atoms with Gasteiger partial charge in [-0.2, -0.15) is 0 Å². The van der Waals surface area contributed by atoms with E-state index >= 15 is 0 Å². The molecule has 1 saturated heterocycles. The zero-order valence-corrected chi connectivity index (χ0v) is 11.4. The van der Waals surface area contributed by atoms with E-state index < -0.39 is 0 Å². The molecule has 3 fully saturated rings. The van der Waals surface area contributed by atoms with Crippen molar-refractivity contribution in [2.45, 2.75) is 51.7 Å². The summed E-state index contributed by atoms with van der Waals surface area (Å²) in [5.41, 5.74) is 7.29. The Hall–Kier alpha value is -0.120. The maximum atomic E-state index is 6.67. The summed E-state index contributed by atoms with van der Waals surface area (Å²) >= 11 is 0. The molecule has 3 nitrogen and oxygen atoms in total. The van der Waals surface area contributed by atoms with Gasteiger partial charge in [-0.15, -0.1) is 0 Å². The Balaban J connectivity index is 1.60. The highest BCUT2D eigenvalue weighted by Crippen LogP contribution is 2.57. The summed E-state index contributed by atoms with van der Waals surface area (Å²) in [5, 5.41) is 3.62. The van der Waals surface area contributed by atoms with Crippen LogP contribution < -0.4 is 11.1 Å². The minimum Gasteiger partial charge on any atom is -0.377 e. The van der Waals surface area contributed by atoms with E-state index in [1.165, 1.54) is 12.8 Å². The molecule has 0 aromatic carbocycles. The van der Waals surface area contributed by atoms with Gasteiger partial charge in [0.05, 0.1) is 6.10 Å². The first-order chi connectivity index (χ1) is 7.89. The van der Waals surface area contributed by atoms with E-state index in [0.29, 0.717) is 17.4 Å². The van der Waals surface area contributed by atoms with Crippen molar-refractivity contribution < 1.29 is 4.74 Å². The van der Waals surface area contributed by atoms with Crippen molar-refractivity contribution in [3.63, 3.8) is 0 Å². The van der Waals surface area contributed by atoms with Crippen molar-refractivity contribution in [1.29, 1.82) is 0 Å². The van der Waals surface area contributed by atoms with Crippen LogP contribution >= 0.6 is 0 Å². The van der Waals surface area contributed by atoms with Crippen molar-refractivity contribution in [1.82, 2.24) is 5.32 Å². The average molecular weight is 238 g/mol. The normalized spacial score (nSPS) is 45.2. The lowest BCUT2D eigenvalue weighted by Gasteiger charge is -2.62. The zero-order chi connectivity index (χ0) is 12.3. The quantitative estimate of drug-likeness (QED) is 0.780. The van der Waals surface area contributed by atoms with Crippen LogP contribution in [0, 0.1) is 16.7 Å². The lowest BCUT2D eigenvalue weighted by atomic mass is 9.48. The number of nitrogens with one attached hydrogen (secondary N) is 1. The molecule has 0 radical (unpaired) electrons. The molecule has 3 unspecified atom stereocenters. The van der Waals surface area contributed by atoms with Gasteiger partial charge in [-0.3, -0.25) is 0 Å². The first-order valence-corrected chi connectivity index (χ1v) is 7.00. The second-order valence-corrected chi connectivity index (χ2v) is 7.36. The summed E-state index contributed by atoms with van der Waals surface area (Å²) in [6, 6.07) is 0. The number of ether oxygens (including phenoxy) is 1. The molecule has 2 saturated carbocycles. The van der Waals surface area contributed by atoms with Gasteiger partial charge in [-0.05, 0) is 24.7 Å². The van der Waals surface area contributed by atoms with Crippen LogP contribution in [-0.4, -0.2) is 31.3 Å². The zero-order valence-electron chi connectivity index (χ0n) is 11.4. The standard InChI is InChI=1S/C14H26N2O/c1-12(2)11-10(4-7-17-11)14(12,15)9-16-8-13(3)5-6-13/h10-11,16H,4-9,15H2,1-3H3. The number of nitrogens with two attached hydrogens (primary N) is 1. The van der Waals surface area contributed by atoms with E-state index in [2.05, 4.69) is 26.1 Å². The van der Waals surface area contributed by atoms with Crippen LogP contribution in [0.25, 0.3) is 0 Å². The average Bonchev–Trinajstić information content (AvgIpc) is 2.84. The van der Waals surface area contributed by atoms with Gasteiger partial charge < -0.3 is 15.8 Å². The van der Waals surface area contributed by atoms with Gasteiger partial charge in [0, 0.05) is 36.6 Å². The van der Waals surface area contributed by atoms with Crippen LogP contribution in [0.1, 0.15) is 40.0 Å². The molecule has 2 aliphatic carbocycles. The molecule has 0 bridgehead atoms. The smallest absolute Gasteiger partial charge is 0.0691 e. The largest absolute Gasteiger partial charge is 0.377 e. The summed E-state index contributed by atoms with van der Waals surface area (Å²) < 4.78 is 5.81. The predicted octanol–water partition coefficient (Wildman–Crippen LogP) is 1.52. The van der Waals surface area contributed by atoms with Crippen LogP contribution in [-0.2, 0) is 4.74 Å². The van der Waals surface area contributed by atoms with Gasteiger partial charge >= 0.3 is 0 Å². The van der Waals surface area contributed by atoms with Gasteiger partial charge in [-0.1, -0.05) is 20.8 Å². The lowest BCUT2D eigenvalue weighted by Crippen LogP contribution is -2.78. The summed E-state index contributed by atoms with van der Waals surface area (Å²) in [4.78, 5) is 0. The molecule has 3 aliphatic rings. The summed E-state index contributed by atoms with van der Waals surface area (Å²) in [6.45, 7) is 9.85. The SMILES string of the molecule is CC1(CNCC2(N)C3CCOC3C2(C)C)CC1. The topological polar surface area (TPSA) is 47.3 Å². The molecule has 0 aromatic rings. The highest BCUT2D eigenvalue weighted by molar-refractivity contribution is 5.21. The summed E-state index contributed by atoms with van der Waals surface area (Å²) in [7, 11) is 0. The summed E-state index contributed by atoms with van der Waals surface area (Å²) in [5.74, 6) is 0.567. The molecular formula is C14H26N2O. The maximum absolute atomic E-state index is 6.67. The minimum atomic E-state index is -0.0700. The van der Waals surface area contributed by atoms with Gasteiger partial charge in [0.25, 0.3) is 0 Å². The molecule has 3 atom stereocenters. The third kappa shape index (κ3) is 1.59. The van der Waals surface area contributed by atoms with Gasteiger partial charge in [0.15, 0.2) is 0 Å². The molecule has 17 heavy (non-hydrogen) atoms. The highest BCUT2D eigenvalue weighted by atomic mass is 16.5. The van der Waals surface area contributed by atoms with Gasteiger partial charge in [-0.25, -0.2) is 0 Å². The monoisotopic (exact) mass is 238 g/mol. The molecule has 0 amide bonds. The Labute approximate surface area is 104 Å². The molecular weight excluding hydrogens is 212 g/mol. The van der Waals surface area contributed by atoms with Crippen LogP contribution in [0.4, 0.5) is 0 Å². The van der Waals surface area contributed by atoms with Gasteiger partial charge in [0.1, 0.15) is 0 Å². The molecule has 98 valence electrons. The van der Waals surface area contributed by atoms with E-state index in [0.717, 1.165) is 26.1 Å². The van der Waals surface area contributed by atoms with Gasteiger partial charge in [0.2, 0.25) is 0 Å². The van der Waals surface area contributed by atoms with Crippen molar-refractivity contribution in [3.8, 4) is 0 Å². The Morgan fingerprint density at radius 3 is 2.59 bits per heavy atom. The number of fused-ring (bicyclic) bond motifs is 1. The Morgan fingerprint density at radius 2 is 1.94 bits per heavy atom. The number of hydrogen-bond donors (Lipinski definition) is 2. The predicted molar refractivity (Wildman–Crippen MR) is 68.8 cm³/mol. The molecule has 3 rings (SSSR count). The Kier molecular flexibility index (Phi) is 2.43. The van der Waals surface area contributed by atoms with Crippen molar-refractivity contribution in [2.75, 3.05) is 19.7 Å². The molecule has 0 aromatic heterocycles. The van der Waals surface area contributed by atoms with E-state index in [-0.39, 0.29) is 11.0 Å². The fourth-order valence-corrected chi connectivity index (χ4v) is 3.80. The van der Waals surface area contributed by atoms with Crippen molar-refractivity contribution >= 4 is 0 Å². The molecule has 0 spiro atoms. The van der Waals surface area contributed by atoms with Crippen LogP contribution in [0.2, 0.25) is 0 Å². The second-order valence-electron chi connectivity index (χ2n) is 7.36. The van der Waals surface area contributed by atoms with E-state index in [4.69, 9.17) is 10.5 Å². The number of rotatable bonds is 4. The highest BCUT2D eigenvalue weighted by Gasteiger charge is 2.67. The fraction of sp³-hybridized carbons (Fsp3) is 1.00. The molecule has 1 aliphatic heterocycles. The van der Waals surface area contributed by atoms with E-state index in [9.17, 15) is 0 Å². The maximum Gasteiger partial charge on any atom is 0.0691 e. The minimum absolute atomic E-state index is 0.0700. The third-order valence-corrected chi connectivity index (χ3v) is 5.74. The van der Waals surface area contributed by atoms with E-state index in [1.807, 2.05) is 0 Å². The number of hydrogen-bond acceptors (Lipinski definition) is 3. The molecule has 3 N–H and O–H groups in total. The second kappa shape index (κ2) is 3.46. The van der Waals surface area contributed by atoms with Crippen LogP contribution in [0.15, 0.2) is 0 Å². The Morgan fingerprint density at radius 1 is 1.24 bits per heavy atom. The fourth-order valence-electron chi connectivity index (χ4n) is 3.80. The van der Waals surface area contributed by atoms with E-state index in [1.54, 1.807) is 0 Å². The summed E-state index contributed by atoms with van der Waals surface area (Å²) in [6.07, 6.45) is 4.28.